The molecule has 2 N–H and O–H groups in total. The first-order valence-electron chi connectivity index (χ1n) is 9.70. The van der Waals surface area contributed by atoms with Gasteiger partial charge in [-0.3, -0.25) is 0 Å². The highest BCUT2D eigenvalue weighted by atomic mass is 32.1. The number of hydrogen-bond acceptors (Lipinski definition) is 7. The molecule has 0 atom stereocenters. The molecule has 1 saturated heterocycles. The number of ether oxygens (including phenoxy) is 2. The van der Waals surface area contributed by atoms with Gasteiger partial charge in [0.25, 0.3) is 0 Å². The normalized spacial score (nSPS) is 13.7. The standard InChI is InChI=1S/C21H23N5O3S/c1-15-7-8-17(28-15)14-22-21(30)25-20-23-18(26-9-11-27-12-10-26)13-19(24-20)29-16-5-3-2-4-6-16/h2-8,13H,9-12,14H2,1H3,(H2,22,23,24,25,30). The molecule has 1 aromatic carbocycles. The number of nitrogens with zero attached hydrogens (tertiary/aromatic N) is 3. The molecular weight excluding hydrogens is 402 g/mol. The molecule has 156 valence electrons. The van der Waals surface area contributed by atoms with Crippen molar-refractivity contribution in [2.45, 2.75) is 13.5 Å². The van der Waals surface area contributed by atoms with Gasteiger partial charge in [0.15, 0.2) is 5.11 Å². The number of morpholine rings is 1. The summed E-state index contributed by atoms with van der Waals surface area (Å²) < 4.78 is 16.9. The Hall–Kier alpha value is -3.17. The number of thiocarbonyl (C=S) groups is 1. The molecule has 0 aliphatic carbocycles. The van der Waals surface area contributed by atoms with Crippen LogP contribution in [0.2, 0.25) is 0 Å². The van der Waals surface area contributed by atoms with Crippen molar-refractivity contribution in [3.63, 3.8) is 0 Å². The van der Waals surface area contributed by atoms with Crippen LogP contribution < -0.4 is 20.3 Å². The molecule has 3 heterocycles. The fourth-order valence-electron chi connectivity index (χ4n) is 2.98. The molecule has 30 heavy (non-hydrogen) atoms. The summed E-state index contributed by atoms with van der Waals surface area (Å²) in [7, 11) is 0. The van der Waals surface area contributed by atoms with E-state index in [-0.39, 0.29) is 0 Å². The Kier molecular flexibility index (Phi) is 6.41. The maximum absolute atomic E-state index is 5.94. The van der Waals surface area contributed by atoms with Gasteiger partial charge in [0, 0.05) is 19.2 Å². The molecule has 0 unspecified atom stereocenters. The molecule has 3 aromatic rings. The molecule has 0 spiro atoms. The van der Waals surface area contributed by atoms with E-state index < -0.39 is 0 Å². The van der Waals surface area contributed by atoms with Crippen molar-refractivity contribution in [3.8, 4) is 11.6 Å². The van der Waals surface area contributed by atoms with Crippen molar-refractivity contribution in [1.29, 1.82) is 0 Å². The third-order valence-electron chi connectivity index (χ3n) is 4.43. The third kappa shape index (κ3) is 5.46. The van der Waals surface area contributed by atoms with Crippen LogP contribution in [0.5, 0.6) is 11.6 Å². The second-order valence-corrected chi connectivity index (χ2v) is 7.13. The highest BCUT2D eigenvalue weighted by Crippen LogP contribution is 2.25. The zero-order chi connectivity index (χ0) is 20.8. The monoisotopic (exact) mass is 425 g/mol. The van der Waals surface area contributed by atoms with E-state index in [9.17, 15) is 0 Å². The van der Waals surface area contributed by atoms with E-state index in [0.29, 0.717) is 42.4 Å². The molecule has 2 aromatic heterocycles. The van der Waals surface area contributed by atoms with Crippen LogP contribution in [0, 0.1) is 6.92 Å². The molecule has 1 aliphatic heterocycles. The molecule has 0 amide bonds. The van der Waals surface area contributed by atoms with E-state index in [4.69, 9.17) is 26.1 Å². The van der Waals surface area contributed by atoms with Crippen molar-refractivity contribution in [3.05, 3.63) is 60.1 Å². The van der Waals surface area contributed by atoms with Gasteiger partial charge < -0.3 is 29.4 Å². The van der Waals surface area contributed by atoms with E-state index >= 15 is 0 Å². The van der Waals surface area contributed by atoms with Gasteiger partial charge in [-0.1, -0.05) is 18.2 Å². The molecule has 8 nitrogen and oxygen atoms in total. The Morgan fingerprint density at radius 1 is 1.13 bits per heavy atom. The highest BCUT2D eigenvalue weighted by molar-refractivity contribution is 7.80. The Morgan fingerprint density at radius 2 is 1.93 bits per heavy atom. The van der Waals surface area contributed by atoms with E-state index in [1.165, 1.54) is 0 Å². The molecule has 0 bridgehead atoms. The summed E-state index contributed by atoms with van der Waals surface area (Å²) >= 11 is 5.40. The van der Waals surface area contributed by atoms with Crippen molar-refractivity contribution in [2.75, 3.05) is 36.5 Å². The molecule has 9 heteroatoms. The molecule has 0 saturated carbocycles. The van der Waals surface area contributed by atoms with Crippen molar-refractivity contribution in [1.82, 2.24) is 15.3 Å². The lowest BCUT2D eigenvalue weighted by atomic mass is 10.3. The average molecular weight is 426 g/mol. The minimum Gasteiger partial charge on any atom is -0.465 e. The maximum atomic E-state index is 5.94. The van der Waals surface area contributed by atoms with Gasteiger partial charge in [-0.15, -0.1) is 0 Å². The summed E-state index contributed by atoms with van der Waals surface area (Å²) in [5.41, 5.74) is 0. The van der Waals surface area contributed by atoms with Crippen LogP contribution in [0.1, 0.15) is 11.5 Å². The summed E-state index contributed by atoms with van der Waals surface area (Å²) in [6.07, 6.45) is 0. The number of aryl methyl sites for hydroxylation is 1. The molecular formula is C21H23N5O3S. The van der Waals surface area contributed by atoms with E-state index in [0.717, 1.165) is 30.4 Å². The number of rotatable bonds is 6. The van der Waals surface area contributed by atoms with E-state index in [1.807, 2.05) is 55.5 Å². The van der Waals surface area contributed by atoms with Gasteiger partial charge in [0.05, 0.1) is 19.8 Å². The topological polar surface area (TPSA) is 84.7 Å². The number of nitrogens with one attached hydrogen (secondary N) is 2. The van der Waals surface area contributed by atoms with Crippen molar-refractivity contribution < 1.29 is 13.9 Å². The van der Waals surface area contributed by atoms with Gasteiger partial charge in [-0.05, 0) is 43.4 Å². The summed E-state index contributed by atoms with van der Waals surface area (Å²) in [5, 5.41) is 6.54. The lowest BCUT2D eigenvalue weighted by molar-refractivity contribution is 0.122. The van der Waals surface area contributed by atoms with Crippen LogP contribution in [0.15, 0.2) is 52.9 Å². The fraction of sp³-hybridized carbons (Fsp3) is 0.286. The number of hydrogen-bond donors (Lipinski definition) is 2. The second kappa shape index (κ2) is 9.55. The number of benzene rings is 1. The Balaban J connectivity index is 1.49. The summed E-state index contributed by atoms with van der Waals surface area (Å²) in [5.74, 6) is 3.90. The second-order valence-electron chi connectivity index (χ2n) is 6.72. The lowest BCUT2D eigenvalue weighted by Crippen LogP contribution is -2.37. The number of furan rings is 1. The first-order valence-corrected chi connectivity index (χ1v) is 10.1. The molecule has 4 rings (SSSR count). The first kappa shape index (κ1) is 20.1. The first-order chi connectivity index (χ1) is 14.7. The summed E-state index contributed by atoms with van der Waals surface area (Å²) in [6.45, 7) is 5.19. The quantitative estimate of drug-likeness (QED) is 0.577. The van der Waals surface area contributed by atoms with Crippen molar-refractivity contribution >= 4 is 29.1 Å². The predicted molar refractivity (Wildman–Crippen MR) is 118 cm³/mol. The minimum atomic E-state index is 0.359. The third-order valence-corrected chi connectivity index (χ3v) is 4.68. The molecule has 1 aliphatic rings. The fourth-order valence-corrected chi connectivity index (χ4v) is 3.14. The Morgan fingerprint density at radius 3 is 2.67 bits per heavy atom. The van der Waals surface area contributed by atoms with Gasteiger partial charge >= 0.3 is 0 Å². The Labute approximate surface area is 180 Å². The van der Waals surface area contributed by atoms with Crippen LogP contribution in [-0.2, 0) is 11.3 Å². The zero-order valence-corrected chi connectivity index (χ0v) is 17.4. The number of aromatic nitrogens is 2. The minimum absolute atomic E-state index is 0.359. The average Bonchev–Trinajstić information content (AvgIpc) is 3.19. The maximum Gasteiger partial charge on any atom is 0.234 e. The van der Waals surface area contributed by atoms with E-state index in [1.54, 1.807) is 0 Å². The van der Waals surface area contributed by atoms with Crippen molar-refractivity contribution in [2.24, 2.45) is 0 Å². The smallest absolute Gasteiger partial charge is 0.234 e. The SMILES string of the molecule is Cc1ccc(CNC(=S)Nc2nc(Oc3ccccc3)cc(N3CCOCC3)n2)o1. The summed E-state index contributed by atoms with van der Waals surface area (Å²) in [4.78, 5) is 11.2. The van der Waals surface area contributed by atoms with Crippen LogP contribution in [0.25, 0.3) is 0 Å². The molecule has 1 fully saturated rings. The zero-order valence-electron chi connectivity index (χ0n) is 16.6. The van der Waals surface area contributed by atoms with Crippen LogP contribution in [0.4, 0.5) is 11.8 Å². The van der Waals surface area contributed by atoms with Gasteiger partial charge in [-0.25, -0.2) is 0 Å². The summed E-state index contributed by atoms with van der Waals surface area (Å²) in [6, 6.07) is 15.2. The van der Waals surface area contributed by atoms with Gasteiger partial charge in [0.1, 0.15) is 23.1 Å². The van der Waals surface area contributed by atoms with Crippen LogP contribution in [0.3, 0.4) is 0 Å². The van der Waals surface area contributed by atoms with Gasteiger partial charge in [-0.2, -0.15) is 9.97 Å². The van der Waals surface area contributed by atoms with Crippen LogP contribution >= 0.6 is 12.2 Å². The predicted octanol–water partition coefficient (Wildman–Crippen LogP) is 3.49. The van der Waals surface area contributed by atoms with E-state index in [2.05, 4.69) is 25.5 Å². The number of para-hydroxylation sites is 1. The number of anilines is 2. The largest absolute Gasteiger partial charge is 0.465 e. The van der Waals surface area contributed by atoms with Crippen LogP contribution in [-0.4, -0.2) is 41.4 Å². The van der Waals surface area contributed by atoms with Gasteiger partial charge in [0.2, 0.25) is 11.8 Å². The molecule has 0 radical (unpaired) electrons. The highest BCUT2D eigenvalue weighted by Gasteiger charge is 2.16. The Bertz CT molecular complexity index is 989. The lowest BCUT2D eigenvalue weighted by Gasteiger charge is -2.28.